The number of nitrogens with zero attached hydrogens (tertiary/aromatic N) is 3. The molecule has 1 aliphatic heterocycles. The van der Waals surface area contributed by atoms with Crippen LogP contribution in [-0.4, -0.2) is 48.8 Å². The van der Waals surface area contributed by atoms with E-state index in [1.807, 2.05) is 37.3 Å². The molecule has 2 heterocycles. The zero-order chi connectivity index (χ0) is 18.4. The summed E-state index contributed by atoms with van der Waals surface area (Å²) in [5.74, 6) is 0. The maximum atomic E-state index is 12.7. The third kappa shape index (κ3) is 4.65. The van der Waals surface area contributed by atoms with E-state index in [9.17, 15) is 4.79 Å². The molecule has 3 rings (SSSR count). The molecule has 1 aromatic heterocycles. The fraction of sp³-hybridized carbons (Fsp3) is 0.368. The van der Waals surface area contributed by atoms with Crippen molar-refractivity contribution < 1.29 is 9.53 Å². The van der Waals surface area contributed by atoms with Crippen LogP contribution in [0.5, 0.6) is 0 Å². The third-order valence-electron chi connectivity index (χ3n) is 4.36. The highest BCUT2D eigenvalue weighted by molar-refractivity contribution is 6.33. The fourth-order valence-electron chi connectivity index (χ4n) is 2.86. The minimum atomic E-state index is -0.176. The van der Waals surface area contributed by atoms with Crippen LogP contribution in [-0.2, 0) is 11.3 Å². The standard InChI is InChI=1S/C19H23ClN4O2/c1-2-23(14-15-5-7-21-8-6-15)19(25)22-18-13-16(3-4-17(18)20)24-9-11-26-12-10-24/h3-8,13H,2,9-12,14H2,1H3,(H,22,25). The summed E-state index contributed by atoms with van der Waals surface area (Å²) in [6, 6.07) is 9.35. The maximum Gasteiger partial charge on any atom is 0.322 e. The van der Waals surface area contributed by atoms with Crippen LogP contribution in [0.1, 0.15) is 12.5 Å². The lowest BCUT2D eigenvalue weighted by molar-refractivity contribution is 0.122. The lowest BCUT2D eigenvalue weighted by Gasteiger charge is -2.29. The van der Waals surface area contributed by atoms with Crippen molar-refractivity contribution in [3.63, 3.8) is 0 Å². The zero-order valence-electron chi connectivity index (χ0n) is 14.8. The Balaban J connectivity index is 1.70. The van der Waals surface area contributed by atoms with Gasteiger partial charge in [-0.3, -0.25) is 4.98 Å². The molecular formula is C19H23ClN4O2. The highest BCUT2D eigenvalue weighted by atomic mass is 35.5. The molecule has 0 atom stereocenters. The Hall–Kier alpha value is -2.31. The summed E-state index contributed by atoms with van der Waals surface area (Å²) in [5.41, 5.74) is 2.68. The average molecular weight is 375 g/mol. The quantitative estimate of drug-likeness (QED) is 0.868. The number of ether oxygens (including phenoxy) is 1. The van der Waals surface area contributed by atoms with Gasteiger partial charge in [0.1, 0.15) is 0 Å². The molecule has 7 heteroatoms. The lowest BCUT2D eigenvalue weighted by atomic mass is 10.2. The minimum absolute atomic E-state index is 0.176. The van der Waals surface area contributed by atoms with Crippen molar-refractivity contribution in [3.05, 3.63) is 53.3 Å². The Morgan fingerprint density at radius 2 is 2.00 bits per heavy atom. The number of benzene rings is 1. The predicted molar refractivity (Wildman–Crippen MR) is 104 cm³/mol. The molecule has 2 aromatic rings. The summed E-state index contributed by atoms with van der Waals surface area (Å²) in [6.07, 6.45) is 3.45. The second-order valence-electron chi connectivity index (χ2n) is 6.06. The summed E-state index contributed by atoms with van der Waals surface area (Å²) >= 11 is 6.30. The third-order valence-corrected chi connectivity index (χ3v) is 4.69. The van der Waals surface area contributed by atoms with Crippen LogP contribution in [0.4, 0.5) is 16.2 Å². The van der Waals surface area contributed by atoms with Crippen molar-refractivity contribution in [1.82, 2.24) is 9.88 Å². The molecule has 0 unspecified atom stereocenters. The van der Waals surface area contributed by atoms with E-state index < -0.39 is 0 Å². The topological polar surface area (TPSA) is 57.7 Å². The number of carbonyl (C=O) groups excluding carboxylic acids is 1. The highest BCUT2D eigenvalue weighted by Gasteiger charge is 2.16. The zero-order valence-corrected chi connectivity index (χ0v) is 15.6. The first-order valence-electron chi connectivity index (χ1n) is 8.74. The average Bonchev–Trinajstić information content (AvgIpc) is 2.69. The number of nitrogens with one attached hydrogen (secondary N) is 1. The smallest absolute Gasteiger partial charge is 0.322 e. The van der Waals surface area contributed by atoms with Gasteiger partial charge in [-0.15, -0.1) is 0 Å². The largest absolute Gasteiger partial charge is 0.378 e. The van der Waals surface area contributed by atoms with Crippen LogP contribution in [0.2, 0.25) is 5.02 Å². The molecule has 26 heavy (non-hydrogen) atoms. The Morgan fingerprint density at radius 3 is 2.69 bits per heavy atom. The van der Waals surface area contributed by atoms with Crippen molar-refractivity contribution in [2.24, 2.45) is 0 Å². The highest BCUT2D eigenvalue weighted by Crippen LogP contribution is 2.28. The van der Waals surface area contributed by atoms with E-state index in [2.05, 4.69) is 15.2 Å². The number of hydrogen-bond donors (Lipinski definition) is 1. The first-order valence-corrected chi connectivity index (χ1v) is 9.12. The number of halogens is 1. The minimum Gasteiger partial charge on any atom is -0.378 e. The SMILES string of the molecule is CCN(Cc1ccncc1)C(=O)Nc1cc(N2CCOCC2)ccc1Cl. The summed E-state index contributed by atoms with van der Waals surface area (Å²) in [7, 11) is 0. The normalized spacial score (nSPS) is 14.2. The molecule has 2 amide bonds. The summed E-state index contributed by atoms with van der Waals surface area (Å²) in [6.45, 7) is 6.14. The monoisotopic (exact) mass is 374 g/mol. The van der Waals surface area contributed by atoms with Gasteiger partial charge in [-0.05, 0) is 42.8 Å². The van der Waals surface area contributed by atoms with Gasteiger partial charge in [0, 0.05) is 44.3 Å². The molecule has 138 valence electrons. The molecule has 0 bridgehead atoms. The van der Waals surface area contributed by atoms with Crippen molar-refractivity contribution in [3.8, 4) is 0 Å². The van der Waals surface area contributed by atoms with E-state index in [0.717, 1.165) is 24.3 Å². The number of aromatic nitrogens is 1. The Bertz CT molecular complexity index is 736. The van der Waals surface area contributed by atoms with Crippen molar-refractivity contribution in [1.29, 1.82) is 0 Å². The lowest BCUT2D eigenvalue weighted by Crippen LogP contribution is -2.36. The Kier molecular flexibility index (Phi) is 6.30. The second kappa shape index (κ2) is 8.87. The van der Waals surface area contributed by atoms with E-state index in [0.29, 0.717) is 37.0 Å². The molecule has 0 spiro atoms. The summed E-state index contributed by atoms with van der Waals surface area (Å²) < 4.78 is 5.39. The number of hydrogen-bond acceptors (Lipinski definition) is 4. The maximum absolute atomic E-state index is 12.7. The van der Waals surface area contributed by atoms with E-state index in [4.69, 9.17) is 16.3 Å². The van der Waals surface area contributed by atoms with Crippen LogP contribution in [0.25, 0.3) is 0 Å². The molecule has 0 aliphatic carbocycles. The second-order valence-corrected chi connectivity index (χ2v) is 6.47. The van der Waals surface area contributed by atoms with Gasteiger partial charge in [-0.2, -0.15) is 0 Å². The van der Waals surface area contributed by atoms with Gasteiger partial charge in [0.15, 0.2) is 0 Å². The number of carbonyl (C=O) groups is 1. The van der Waals surface area contributed by atoms with Gasteiger partial charge in [0.05, 0.1) is 23.9 Å². The number of amides is 2. The number of urea groups is 1. The van der Waals surface area contributed by atoms with E-state index in [1.54, 1.807) is 17.3 Å². The Labute approximate surface area is 158 Å². The molecule has 6 nitrogen and oxygen atoms in total. The van der Waals surface area contributed by atoms with Crippen LogP contribution in [0.3, 0.4) is 0 Å². The van der Waals surface area contributed by atoms with E-state index >= 15 is 0 Å². The number of rotatable bonds is 5. The molecule has 0 saturated carbocycles. The van der Waals surface area contributed by atoms with Gasteiger partial charge in [0.2, 0.25) is 0 Å². The first kappa shape index (κ1) is 18.5. The van der Waals surface area contributed by atoms with Gasteiger partial charge in [0.25, 0.3) is 0 Å². The summed E-state index contributed by atoms with van der Waals surface area (Å²) in [5, 5.41) is 3.47. The first-order chi connectivity index (χ1) is 12.7. The van der Waals surface area contributed by atoms with E-state index in [1.165, 1.54) is 0 Å². The Morgan fingerprint density at radius 1 is 1.27 bits per heavy atom. The molecule has 0 radical (unpaired) electrons. The van der Waals surface area contributed by atoms with Crippen LogP contribution in [0, 0.1) is 0 Å². The van der Waals surface area contributed by atoms with Crippen LogP contribution < -0.4 is 10.2 Å². The van der Waals surface area contributed by atoms with Gasteiger partial charge >= 0.3 is 6.03 Å². The van der Waals surface area contributed by atoms with Crippen molar-refractivity contribution >= 4 is 29.0 Å². The number of pyridine rings is 1. The number of anilines is 2. The predicted octanol–water partition coefficient (Wildman–Crippen LogP) is 3.63. The van der Waals surface area contributed by atoms with Crippen LogP contribution >= 0.6 is 11.6 Å². The van der Waals surface area contributed by atoms with Crippen molar-refractivity contribution in [2.75, 3.05) is 43.1 Å². The molecule has 1 aliphatic rings. The van der Waals surface area contributed by atoms with Gasteiger partial charge in [-0.1, -0.05) is 11.6 Å². The van der Waals surface area contributed by atoms with E-state index in [-0.39, 0.29) is 6.03 Å². The summed E-state index contributed by atoms with van der Waals surface area (Å²) in [4.78, 5) is 20.7. The van der Waals surface area contributed by atoms with Crippen LogP contribution in [0.15, 0.2) is 42.7 Å². The molecule has 1 saturated heterocycles. The molecule has 1 fully saturated rings. The van der Waals surface area contributed by atoms with Gasteiger partial charge < -0.3 is 19.9 Å². The number of morpholine rings is 1. The van der Waals surface area contributed by atoms with Crippen molar-refractivity contribution in [2.45, 2.75) is 13.5 Å². The molecular weight excluding hydrogens is 352 g/mol. The molecule has 1 aromatic carbocycles. The fourth-order valence-corrected chi connectivity index (χ4v) is 3.02. The molecule has 1 N–H and O–H groups in total. The van der Waals surface area contributed by atoms with Gasteiger partial charge in [-0.25, -0.2) is 4.79 Å².